The summed E-state index contributed by atoms with van der Waals surface area (Å²) in [7, 11) is 0. The van der Waals surface area contributed by atoms with E-state index in [0.717, 1.165) is 36.3 Å². The molecule has 0 radical (unpaired) electrons. The molecule has 2 nitrogen and oxygen atoms in total. The average molecular weight is 262 g/mol. The standard InChI is InChI=1S/C17H26O2/c1-6-7-12-18-17(14(4)5)19-16-10-8-15(9-11-16)13(2)3/h8-11,14,17H,2,6-7,12H2,1,3-5H3. The molecule has 0 amide bonds. The van der Waals surface area contributed by atoms with Crippen LogP contribution in [0.4, 0.5) is 0 Å². The van der Waals surface area contributed by atoms with Crippen LogP contribution in [0.15, 0.2) is 30.8 Å². The number of rotatable bonds is 8. The van der Waals surface area contributed by atoms with Crippen LogP contribution in [-0.2, 0) is 4.74 Å². The Hall–Kier alpha value is -1.28. The van der Waals surface area contributed by atoms with Gasteiger partial charge in [-0.05, 0) is 31.0 Å². The fourth-order valence-corrected chi connectivity index (χ4v) is 1.66. The highest BCUT2D eigenvalue weighted by molar-refractivity contribution is 5.61. The van der Waals surface area contributed by atoms with E-state index in [0.29, 0.717) is 5.92 Å². The molecule has 0 spiro atoms. The number of ether oxygens (including phenoxy) is 2. The molecule has 0 aliphatic carbocycles. The third kappa shape index (κ3) is 5.48. The Morgan fingerprint density at radius 3 is 2.32 bits per heavy atom. The highest BCUT2D eigenvalue weighted by Crippen LogP contribution is 2.20. The number of unbranched alkanes of at least 4 members (excludes halogenated alkanes) is 1. The molecule has 1 aromatic rings. The summed E-state index contributed by atoms with van der Waals surface area (Å²) in [6, 6.07) is 8.01. The second kappa shape index (κ2) is 8.00. The lowest BCUT2D eigenvalue weighted by atomic mass is 10.1. The first kappa shape index (κ1) is 15.8. The van der Waals surface area contributed by atoms with Crippen molar-refractivity contribution >= 4 is 5.57 Å². The number of benzene rings is 1. The van der Waals surface area contributed by atoms with Crippen LogP contribution in [-0.4, -0.2) is 12.9 Å². The Bertz CT molecular complexity index is 379. The van der Waals surface area contributed by atoms with E-state index in [2.05, 4.69) is 27.4 Å². The van der Waals surface area contributed by atoms with Crippen LogP contribution in [0.5, 0.6) is 5.75 Å². The van der Waals surface area contributed by atoms with Crippen molar-refractivity contribution in [3.8, 4) is 5.75 Å². The molecule has 1 aromatic carbocycles. The molecule has 0 N–H and O–H groups in total. The van der Waals surface area contributed by atoms with Crippen molar-refractivity contribution in [2.75, 3.05) is 6.61 Å². The fraction of sp³-hybridized carbons (Fsp3) is 0.529. The Kier molecular flexibility index (Phi) is 6.65. The van der Waals surface area contributed by atoms with Gasteiger partial charge in [-0.2, -0.15) is 0 Å². The van der Waals surface area contributed by atoms with Crippen LogP contribution in [0.25, 0.3) is 5.57 Å². The van der Waals surface area contributed by atoms with Gasteiger partial charge in [0.15, 0.2) is 0 Å². The molecule has 19 heavy (non-hydrogen) atoms. The van der Waals surface area contributed by atoms with Crippen molar-refractivity contribution in [2.45, 2.75) is 46.8 Å². The van der Waals surface area contributed by atoms with E-state index in [1.54, 1.807) is 0 Å². The molecule has 0 aromatic heterocycles. The van der Waals surface area contributed by atoms with Crippen molar-refractivity contribution in [3.05, 3.63) is 36.4 Å². The second-order valence-electron chi connectivity index (χ2n) is 5.26. The summed E-state index contributed by atoms with van der Waals surface area (Å²) in [6.07, 6.45) is 2.03. The highest BCUT2D eigenvalue weighted by atomic mass is 16.7. The van der Waals surface area contributed by atoms with Gasteiger partial charge < -0.3 is 9.47 Å². The first-order valence-electron chi connectivity index (χ1n) is 7.08. The zero-order chi connectivity index (χ0) is 14.3. The molecule has 0 aliphatic heterocycles. The zero-order valence-electron chi connectivity index (χ0n) is 12.6. The molecule has 0 bridgehead atoms. The highest BCUT2D eigenvalue weighted by Gasteiger charge is 2.15. The lowest BCUT2D eigenvalue weighted by Gasteiger charge is -2.23. The van der Waals surface area contributed by atoms with Crippen LogP contribution in [0.1, 0.15) is 46.1 Å². The molecule has 0 saturated heterocycles. The van der Waals surface area contributed by atoms with E-state index in [-0.39, 0.29) is 6.29 Å². The molecule has 1 rings (SSSR count). The summed E-state index contributed by atoms with van der Waals surface area (Å²) < 4.78 is 11.7. The van der Waals surface area contributed by atoms with E-state index in [4.69, 9.17) is 9.47 Å². The van der Waals surface area contributed by atoms with Crippen molar-refractivity contribution in [3.63, 3.8) is 0 Å². The lowest BCUT2D eigenvalue weighted by Crippen LogP contribution is -2.27. The van der Waals surface area contributed by atoms with Gasteiger partial charge in [-0.1, -0.05) is 51.5 Å². The van der Waals surface area contributed by atoms with Crippen LogP contribution >= 0.6 is 0 Å². The van der Waals surface area contributed by atoms with Crippen molar-refractivity contribution in [2.24, 2.45) is 5.92 Å². The predicted octanol–water partition coefficient (Wildman–Crippen LogP) is 4.90. The first-order chi connectivity index (χ1) is 9.04. The van der Waals surface area contributed by atoms with Gasteiger partial charge in [0.25, 0.3) is 0 Å². The van der Waals surface area contributed by atoms with Gasteiger partial charge >= 0.3 is 0 Å². The van der Waals surface area contributed by atoms with Crippen LogP contribution in [0.2, 0.25) is 0 Å². The summed E-state index contributed by atoms with van der Waals surface area (Å²) in [5.41, 5.74) is 2.20. The molecular weight excluding hydrogens is 236 g/mol. The summed E-state index contributed by atoms with van der Waals surface area (Å²) >= 11 is 0. The Morgan fingerprint density at radius 1 is 1.21 bits per heavy atom. The minimum Gasteiger partial charge on any atom is -0.465 e. The molecule has 0 fully saturated rings. The SMILES string of the molecule is C=C(C)c1ccc(OC(OCCCC)C(C)C)cc1. The zero-order valence-corrected chi connectivity index (χ0v) is 12.6. The Labute approximate surface area is 117 Å². The van der Waals surface area contributed by atoms with Crippen LogP contribution < -0.4 is 4.74 Å². The van der Waals surface area contributed by atoms with E-state index >= 15 is 0 Å². The normalized spacial score (nSPS) is 12.5. The fourth-order valence-electron chi connectivity index (χ4n) is 1.66. The molecule has 1 unspecified atom stereocenters. The predicted molar refractivity (Wildman–Crippen MR) is 81.3 cm³/mol. The van der Waals surface area contributed by atoms with Crippen LogP contribution in [0, 0.1) is 5.92 Å². The molecule has 106 valence electrons. The second-order valence-corrected chi connectivity index (χ2v) is 5.26. The molecule has 0 heterocycles. The molecule has 2 heteroatoms. The lowest BCUT2D eigenvalue weighted by molar-refractivity contribution is -0.108. The van der Waals surface area contributed by atoms with Crippen LogP contribution in [0.3, 0.4) is 0 Å². The number of hydrogen-bond acceptors (Lipinski definition) is 2. The van der Waals surface area contributed by atoms with E-state index in [1.807, 2.05) is 31.2 Å². The smallest absolute Gasteiger partial charge is 0.202 e. The van der Waals surface area contributed by atoms with E-state index in [1.165, 1.54) is 0 Å². The van der Waals surface area contributed by atoms with Gasteiger partial charge in [0.05, 0.1) is 6.61 Å². The van der Waals surface area contributed by atoms with E-state index in [9.17, 15) is 0 Å². The maximum Gasteiger partial charge on any atom is 0.202 e. The largest absolute Gasteiger partial charge is 0.465 e. The van der Waals surface area contributed by atoms with Gasteiger partial charge in [-0.15, -0.1) is 0 Å². The molecular formula is C17H26O2. The topological polar surface area (TPSA) is 18.5 Å². The number of allylic oxidation sites excluding steroid dienone is 1. The van der Waals surface area contributed by atoms with Gasteiger partial charge in [0, 0.05) is 5.92 Å². The van der Waals surface area contributed by atoms with E-state index < -0.39 is 0 Å². The van der Waals surface area contributed by atoms with Gasteiger partial charge in [-0.3, -0.25) is 0 Å². The van der Waals surface area contributed by atoms with Crippen molar-refractivity contribution in [1.82, 2.24) is 0 Å². The summed E-state index contributed by atoms with van der Waals surface area (Å²) in [5, 5.41) is 0. The van der Waals surface area contributed by atoms with Crippen molar-refractivity contribution < 1.29 is 9.47 Å². The molecule has 0 aliphatic rings. The van der Waals surface area contributed by atoms with Gasteiger partial charge in [0.2, 0.25) is 6.29 Å². The van der Waals surface area contributed by atoms with Gasteiger partial charge in [-0.25, -0.2) is 0 Å². The average Bonchev–Trinajstić information content (AvgIpc) is 2.38. The third-order valence-electron chi connectivity index (χ3n) is 2.92. The summed E-state index contributed by atoms with van der Waals surface area (Å²) in [4.78, 5) is 0. The summed E-state index contributed by atoms with van der Waals surface area (Å²) in [5.74, 6) is 1.18. The molecule has 0 saturated carbocycles. The van der Waals surface area contributed by atoms with Gasteiger partial charge in [0.1, 0.15) is 5.75 Å². The maximum atomic E-state index is 5.91. The maximum absolute atomic E-state index is 5.91. The molecule has 1 atom stereocenters. The number of hydrogen-bond donors (Lipinski definition) is 0. The third-order valence-corrected chi connectivity index (χ3v) is 2.92. The Morgan fingerprint density at radius 2 is 1.84 bits per heavy atom. The van der Waals surface area contributed by atoms with Crippen molar-refractivity contribution in [1.29, 1.82) is 0 Å². The summed E-state index contributed by atoms with van der Waals surface area (Å²) in [6.45, 7) is 13.1. The minimum atomic E-state index is -0.178. The minimum absolute atomic E-state index is 0.178. The Balaban J connectivity index is 2.60. The first-order valence-corrected chi connectivity index (χ1v) is 7.08. The quantitative estimate of drug-likeness (QED) is 0.490. The monoisotopic (exact) mass is 262 g/mol.